The first-order valence-corrected chi connectivity index (χ1v) is 9.86. The van der Waals surface area contributed by atoms with Crippen LogP contribution in [0.25, 0.3) is 27.8 Å². The highest BCUT2D eigenvalue weighted by atomic mass is 14.7. The van der Waals surface area contributed by atoms with E-state index in [1.54, 1.807) is 0 Å². The third-order valence-electron chi connectivity index (χ3n) is 5.36. The summed E-state index contributed by atoms with van der Waals surface area (Å²) in [4.78, 5) is 4.31. The Morgan fingerprint density at radius 1 is 0.714 bits per heavy atom. The van der Waals surface area contributed by atoms with Crippen LogP contribution in [0, 0.1) is 0 Å². The quantitative estimate of drug-likeness (QED) is 0.435. The minimum absolute atomic E-state index is 1.06. The summed E-state index contributed by atoms with van der Waals surface area (Å²) in [7, 11) is 1.84. The van der Waals surface area contributed by atoms with E-state index in [2.05, 4.69) is 96.0 Å². The molecule has 0 bridgehead atoms. The Labute approximate surface area is 167 Å². The summed E-state index contributed by atoms with van der Waals surface area (Å²) in [6.07, 6.45) is 9.10. The van der Waals surface area contributed by atoms with E-state index in [0.717, 1.165) is 18.6 Å². The van der Waals surface area contributed by atoms with Crippen LogP contribution in [0.4, 0.5) is 0 Å². The zero-order chi connectivity index (χ0) is 19.3. The minimum atomic E-state index is 1.06. The number of nitrogens with zero attached hydrogens (tertiary/aromatic N) is 1. The normalized spacial score (nSPS) is 14.1. The van der Waals surface area contributed by atoms with Crippen molar-refractivity contribution < 1.29 is 0 Å². The Balaban J connectivity index is 1.64. The van der Waals surface area contributed by atoms with Crippen LogP contribution < -0.4 is 0 Å². The van der Waals surface area contributed by atoms with Crippen molar-refractivity contribution in [2.45, 2.75) is 19.8 Å². The van der Waals surface area contributed by atoms with Gasteiger partial charge in [0.1, 0.15) is 0 Å². The predicted octanol–water partition coefficient (Wildman–Crippen LogP) is 7.19. The zero-order valence-corrected chi connectivity index (χ0v) is 16.5. The maximum atomic E-state index is 4.31. The molecule has 0 spiro atoms. The fourth-order valence-corrected chi connectivity index (χ4v) is 3.61. The standard InChI is InChI=1S/C27H25N/c1-20(28-2)24-10-6-12-26(18-24)27-13-7-11-25(19-27)23-16-14-22(15-17-23)21-8-4-3-5-9-21/h4,6-19H,3,5H2,1-2H3. The molecule has 1 heteroatoms. The number of benzene rings is 3. The lowest BCUT2D eigenvalue weighted by atomic mass is 9.95. The summed E-state index contributed by atoms with van der Waals surface area (Å²) in [6, 6.07) is 26.3. The van der Waals surface area contributed by atoms with Gasteiger partial charge in [0, 0.05) is 12.8 Å². The van der Waals surface area contributed by atoms with Gasteiger partial charge in [0.25, 0.3) is 0 Å². The Kier molecular flexibility index (Phi) is 5.34. The van der Waals surface area contributed by atoms with Gasteiger partial charge in [0.05, 0.1) is 0 Å². The first kappa shape index (κ1) is 18.2. The number of aliphatic imine (C=N–C) groups is 1. The lowest BCUT2D eigenvalue weighted by molar-refractivity contribution is 1.04. The van der Waals surface area contributed by atoms with Gasteiger partial charge in [-0.15, -0.1) is 0 Å². The highest BCUT2D eigenvalue weighted by molar-refractivity contribution is 5.99. The first-order chi connectivity index (χ1) is 13.7. The van der Waals surface area contributed by atoms with Gasteiger partial charge in [-0.05, 0) is 70.9 Å². The van der Waals surface area contributed by atoms with Gasteiger partial charge in [-0.2, -0.15) is 0 Å². The van der Waals surface area contributed by atoms with Crippen LogP contribution in [-0.4, -0.2) is 12.8 Å². The van der Waals surface area contributed by atoms with Gasteiger partial charge >= 0.3 is 0 Å². The summed E-state index contributed by atoms with van der Waals surface area (Å²) in [6.45, 7) is 2.05. The van der Waals surface area contributed by atoms with Gasteiger partial charge < -0.3 is 0 Å². The number of rotatable bonds is 4. The van der Waals surface area contributed by atoms with E-state index in [9.17, 15) is 0 Å². The predicted molar refractivity (Wildman–Crippen MR) is 122 cm³/mol. The fourth-order valence-electron chi connectivity index (χ4n) is 3.61. The van der Waals surface area contributed by atoms with Gasteiger partial charge in [-0.25, -0.2) is 0 Å². The molecule has 1 aliphatic carbocycles. The topological polar surface area (TPSA) is 12.4 Å². The van der Waals surface area contributed by atoms with Crippen molar-refractivity contribution in [1.29, 1.82) is 0 Å². The summed E-state index contributed by atoms with van der Waals surface area (Å²) in [5.41, 5.74) is 9.77. The van der Waals surface area contributed by atoms with E-state index in [4.69, 9.17) is 0 Å². The summed E-state index contributed by atoms with van der Waals surface area (Å²) in [5, 5.41) is 0. The van der Waals surface area contributed by atoms with E-state index >= 15 is 0 Å². The smallest absolute Gasteiger partial charge is 0.0386 e. The van der Waals surface area contributed by atoms with Gasteiger partial charge in [-0.1, -0.05) is 78.9 Å². The lowest BCUT2D eigenvalue weighted by Crippen LogP contribution is -1.94. The molecule has 0 unspecified atom stereocenters. The number of allylic oxidation sites excluding steroid dienone is 4. The van der Waals surface area contributed by atoms with Crippen molar-refractivity contribution in [3.8, 4) is 22.3 Å². The molecule has 4 rings (SSSR count). The van der Waals surface area contributed by atoms with E-state index in [1.165, 1.54) is 39.0 Å². The molecular formula is C27H25N. The van der Waals surface area contributed by atoms with Gasteiger partial charge in [0.15, 0.2) is 0 Å². The first-order valence-electron chi connectivity index (χ1n) is 9.86. The van der Waals surface area contributed by atoms with Crippen molar-refractivity contribution >= 4 is 11.3 Å². The summed E-state index contributed by atoms with van der Waals surface area (Å²) in [5.74, 6) is 0. The molecule has 0 atom stereocenters. The molecular weight excluding hydrogens is 338 g/mol. The van der Waals surface area contributed by atoms with Crippen LogP contribution in [-0.2, 0) is 0 Å². The Morgan fingerprint density at radius 2 is 1.36 bits per heavy atom. The van der Waals surface area contributed by atoms with Crippen molar-refractivity contribution in [3.05, 3.63) is 102 Å². The summed E-state index contributed by atoms with van der Waals surface area (Å²) < 4.78 is 0. The third-order valence-corrected chi connectivity index (χ3v) is 5.36. The van der Waals surface area contributed by atoms with Crippen LogP contribution in [0.15, 0.2) is 96.0 Å². The van der Waals surface area contributed by atoms with E-state index in [1.807, 2.05) is 14.0 Å². The Bertz CT molecular complexity index is 1070. The van der Waals surface area contributed by atoms with Crippen LogP contribution in [0.5, 0.6) is 0 Å². The molecule has 1 nitrogen and oxygen atoms in total. The molecule has 0 aliphatic heterocycles. The van der Waals surface area contributed by atoms with E-state index in [0.29, 0.717) is 0 Å². The largest absolute Gasteiger partial charge is 0.293 e. The van der Waals surface area contributed by atoms with Crippen LogP contribution in [0.1, 0.15) is 30.9 Å². The molecule has 138 valence electrons. The summed E-state index contributed by atoms with van der Waals surface area (Å²) >= 11 is 0. The fraction of sp³-hybridized carbons (Fsp3) is 0.148. The molecule has 0 fully saturated rings. The average Bonchev–Trinajstić information content (AvgIpc) is 2.79. The third kappa shape index (κ3) is 3.89. The molecule has 3 aromatic rings. The second kappa shape index (κ2) is 8.22. The average molecular weight is 364 g/mol. The van der Waals surface area contributed by atoms with E-state index < -0.39 is 0 Å². The van der Waals surface area contributed by atoms with Crippen molar-refractivity contribution in [3.63, 3.8) is 0 Å². The lowest BCUT2D eigenvalue weighted by Gasteiger charge is -2.10. The molecule has 0 saturated carbocycles. The van der Waals surface area contributed by atoms with Crippen LogP contribution >= 0.6 is 0 Å². The van der Waals surface area contributed by atoms with E-state index in [-0.39, 0.29) is 0 Å². The highest BCUT2D eigenvalue weighted by Crippen LogP contribution is 2.29. The molecule has 3 aromatic carbocycles. The SMILES string of the molecule is CN=C(C)c1cccc(-c2cccc(-c3ccc(C4=CCCC=C4)cc3)c2)c1. The van der Waals surface area contributed by atoms with Crippen LogP contribution in [0.2, 0.25) is 0 Å². The second-order valence-corrected chi connectivity index (χ2v) is 7.19. The second-order valence-electron chi connectivity index (χ2n) is 7.19. The van der Waals surface area contributed by atoms with Gasteiger partial charge in [0.2, 0.25) is 0 Å². The Hall–Kier alpha value is -3.19. The maximum Gasteiger partial charge on any atom is 0.0386 e. The molecule has 28 heavy (non-hydrogen) atoms. The van der Waals surface area contributed by atoms with Crippen molar-refractivity contribution in [2.24, 2.45) is 4.99 Å². The van der Waals surface area contributed by atoms with Crippen LogP contribution in [0.3, 0.4) is 0 Å². The number of hydrogen-bond acceptors (Lipinski definition) is 1. The molecule has 0 amide bonds. The number of hydrogen-bond donors (Lipinski definition) is 0. The maximum absolute atomic E-state index is 4.31. The zero-order valence-electron chi connectivity index (χ0n) is 16.5. The molecule has 0 radical (unpaired) electrons. The Morgan fingerprint density at radius 3 is 2.04 bits per heavy atom. The monoisotopic (exact) mass is 363 g/mol. The molecule has 0 N–H and O–H groups in total. The molecule has 0 heterocycles. The molecule has 0 saturated heterocycles. The van der Waals surface area contributed by atoms with Crippen molar-refractivity contribution in [2.75, 3.05) is 7.05 Å². The van der Waals surface area contributed by atoms with Crippen molar-refractivity contribution in [1.82, 2.24) is 0 Å². The molecule has 0 aromatic heterocycles. The highest BCUT2D eigenvalue weighted by Gasteiger charge is 2.06. The molecule has 1 aliphatic rings. The minimum Gasteiger partial charge on any atom is -0.293 e. The van der Waals surface area contributed by atoms with Gasteiger partial charge in [-0.3, -0.25) is 4.99 Å².